The van der Waals surface area contributed by atoms with E-state index in [1.807, 2.05) is 6.20 Å². The SMILES string of the molecule is CCNC(=NCCc1ncc(C)s1)NC1CCN(C2CCCC2)C1.I. The smallest absolute Gasteiger partial charge is 0.191 e. The Morgan fingerprint density at radius 3 is 2.84 bits per heavy atom. The number of aromatic nitrogens is 1. The van der Waals surface area contributed by atoms with Crippen molar-refractivity contribution < 1.29 is 0 Å². The van der Waals surface area contributed by atoms with Crippen LogP contribution in [0.25, 0.3) is 0 Å². The normalized spacial score (nSPS) is 22.2. The fraction of sp³-hybridized carbons (Fsp3) is 0.778. The molecule has 25 heavy (non-hydrogen) atoms. The van der Waals surface area contributed by atoms with Crippen molar-refractivity contribution in [2.75, 3.05) is 26.2 Å². The van der Waals surface area contributed by atoms with Crippen molar-refractivity contribution in [3.63, 3.8) is 0 Å². The Morgan fingerprint density at radius 1 is 1.36 bits per heavy atom. The quantitative estimate of drug-likeness (QED) is 0.376. The highest BCUT2D eigenvalue weighted by Crippen LogP contribution is 2.26. The van der Waals surface area contributed by atoms with Crippen LogP contribution in [0.15, 0.2) is 11.2 Å². The number of nitrogens with zero attached hydrogens (tertiary/aromatic N) is 3. The van der Waals surface area contributed by atoms with E-state index >= 15 is 0 Å². The third kappa shape index (κ3) is 6.36. The molecular formula is C18H32IN5S. The maximum absolute atomic E-state index is 4.75. The third-order valence-electron chi connectivity index (χ3n) is 5.01. The average Bonchev–Trinajstić information content (AvgIpc) is 3.29. The minimum absolute atomic E-state index is 0. The molecule has 0 radical (unpaired) electrons. The first-order valence-electron chi connectivity index (χ1n) is 9.45. The molecule has 1 atom stereocenters. The van der Waals surface area contributed by atoms with Gasteiger partial charge in [0.1, 0.15) is 0 Å². The van der Waals surface area contributed by atoms with Crippen molar-refractivity contribution in [2.24, 2.45) is 4.99 Å². The summed E-state index contributed by atoms with van der Waals surface area (Å²) in [5.74, 6) is 0.962. The van der Waals surface area contributed by atoms with Crippen LogP contribution in [0.4, 0.5) is 0 Å². The summed E-state index contributed by atoms with van der Waals surface area (Å²) in [6.45, 7) is 8.33. The van der Waals surface area contributed by atoms with E-state index < -0.39 is 0 Å². The van der Waals surface area contributed by atoms with Gasteiger partial charge < -0.3 is 10.6 Å². The molecular weight excluding hydrogens is 445 g/mol. The summed E-state index contributed by atoms with van der Waals surface area (Å²) in [7, 11) is 0. The number of hydrogen-bond donors (Lipinski definition) is 2. The van der Waals surface area contributed by atoms with Crippen molar-refractivity contribution in [3.05, 3.63) is 16.1 Å². The van der Waals surface area contributed by atoms with E-state index in [0.29, 0.717) is 6.04 Å². The molecule has 1 unspecified atom stereocenters. The van der Waals surface area contributed by atoms with Gasteiger partial charge in [0.05, 0.1) is 5.01 Å². The monoisotopic (exact) mass is 477 g/mol. The molecule has 1 aliphatic heterocycles. The number of hydrogen-bond acceptors (Lipinski definition) is 4. The lowest BCUT2D eigenvalue weighted by molar-refractivity contribution is 0.242. The van der Waals surface area contributed by atoms with Gasteiger partial charge in [-0.05, 0) is 33.1 Å². The van der Waals surface area contributed by atoms with Crippen molar-refractivity contribution >= 4 is 41.3 Å². The van der Waals surface area contributed by atoms with Gasteiger partial charge in [-0.3, -0.25) is 9.89 Å². The summed E-state index contributed by atoms with van der Waals surface area (Å²) < 4.78 is 0. The van der Waals surface area contributed by atoms with Crippen molar-refractivity contribution in [1.82, 2.24) is 20.5 Å². The highest BCUT2D eigenvalue weighted by molar-refractivity contribution is 14.0. The number of halogens is 1. The van der Waals surface area contributed by atoms with Gasteiger partial charge >= 0.3 is 0 Å². The zero-order valence-corrected chi connectivity index (χ0v) is 18.6. The fourth-order valence-corrected chi connectivity index (χ4v) is 4.58. The second-order valence-electron chi connectivity index (χ2n) is 6.94. The Bertz CT molecular complexity index is 541. The number of nitrogens with one attached hydrogen (secondary N) is 2. The molecule has 7 heteroatoms. The topological polar surface area (TPSA) is 52.6 Å². The van der Waals surface area contributed by atoms with Crippen LogP contribution in [0.3, 0.4) is 0 Å². The molecule has 1 aliphatic carbocycles. The molecule has 1 saturated carbocycles. The second kappa shape index (κ2) is 10.7. The first-order chi connectivity index (χ1) is 11.7. The minimum atomic E-state index is 0. The average molecular weight is 477 g/mol. The maximum atomic E-state index is 4.75. The Kier molecular flexibility index (Phi) is 8.92. The largest absolute Gasteiger partial charge is 0.357 e. The second-order valence-corrected chi connectivity index (χ2v) is 8.26. The molecule has 1 saturated heterocycles. The van der Waals surface area contributed by atoms with Crippen LogP contribution in [0.1, 0.15) is 48.9 Å². The molecule has 3 rings (SSSR count). The first kappa shape index (κ1) is 20.9. The number of guanidine groups is 1. The molecule has 2 N–H and O–H groups in total. The zero-order valence-electron chi connectivity index (χ0n) is 15.5. The number of aliphatic imine (C=N–C) groups is 1. The minimum Gasteiger partial charge on any atom is -0.357 e. The molecule has 2 heterocycles. The van der Waals surface area contributed by atoms with Crippen LogP contribution in [-0.2, 0) is 6.42 Å². The molecule has 2 aliphatic rings. The molecule has 1 aromatic heterocycles. The van der Waals surface area contributed by atoms with Gasteiger partial charge in [-0.2, -0.15) is 0 Å². The lowest BCUT2D eigenvalue weighted by Crippen LogP contribution is -2.45. The van der Waals surface area contributed by atoms with Gasteiger partial charge in [0.25, 0.3) is 0 Å². The lowest BCUT2D eigenvalue weighted by Gasteiger charge is -2.24. The molecule has 0 aromatic carbocycles. The van der Waals surface area contributed by atoms with Gasteiger partial charge in [0.15, 0.2) is 5.96 Å². The van der Waals surface area contributed by atoms with E-state index in [2.05, 4.69) is 34.4 Å². The Hall–Kier alpha value is -0.410. The standard InChI is InChI=1S/C18H31N5S.HI/c1-3-19-18(20-10-8-17-21-12-14(2)24-17)22-15-9-11-23(13-15)16-6-4-5-7-16;/h12,15-16H,3-11,13H2,1-2H3,(H2,19,20,22);1H. The highest BCUT2D eigenvalue weighted by Gasteiger charge is 2.30. The zero-order chi connectivity index (χ0) is 16.8. The number of aryl methyl sites for hydroxylation is 1. The first-order valence-corrected chi connectivity index (χ1v) is 10.3. The van der Waals surface area contributed by atoms with E-state index in [1.54, 1.807) is 11.3 Å². The van der Waals surface area contributed by atoms with Gasteiger partial charge in [0, 0.05) is 55.8 Å². The maximum Gasteiger partial charge on any atom is 0.191 e. The summed E-state index contributed by atoms with van der Waals surface area (Å²) in [6.07, 6.45) is 9.73. The third-order valence-corrected chi connectivity index (χ3v) is 5.98. The van der Waals surface area contributed by atoms with E-state index in [1.165, 1.54) is 55.1 Å². The number of likely N-dealkylation sites (tertiary alicyclic amines) is 1. The summed E-state index contributed by atoms with van der Waals surface area (Å²) in [5, 5.41) is 8.21. The van der Waals surface area contributed by atoms with Crippen LogP contribution in [0, 0.1) is 6.92 Å². The number of rotatable bonds is 6. The molecule has 1 aromatic rings. The van der Waals surface area contributed by atoms with Crippen LogP contribution >= 0.6 is 35.3 Å². The fourth-order valence-electron chi connectivity index (χ4n) is 3.80. The van der Waals surface area contributed by atoms with Gasteiger partial charge in [-0.25, -0.2) is 4.98 Å². The van der Waals surface area contributed by atoms with Crippen LogP contribution in [-0.4, -0.2) is 54.1 Å². The molecule has 5 nitrogen and oxygen atoms in total. The van der Waals surface area contributed by atoms with Crippen LogP contribution < -0.4 is 10.6 Å². The molecule has 2 fully saturated rings. The molecule has 142 valence electrons. The van der Waals surface area contributed by atoms with Gasteiger partial charge in [0.2, 0.25) is 0 Å². The van der Waals surface area contributed by atoms with Gasteiger partial charge in [-0.15, -0.1) is 35.3 Å². The van der Waals surface area contributed by atoms with Crippen molar-refractivity contribution in [3.8, 4) is 0 Å². The molecule has 0 spiro atoms. The van der Waals surface area contributed by atoms with Gasteiger partial charge in [-0.1, -0.05) is 12.8 Å². The van der Waals surface area contributed by atoms with E-state index in [9.17, 15) is 0 Å². The van der Waals surface area contributed by atoms with E-state index in [0.717, 1.165) is 31.5 Å². The van der Waals surface area contributed by atoms with Crippen LogP contribution in [0.5, 0.6) is 0 Å². The summed E-state index contributed by atoms with van der Waals surface area (Å²) in [6, 6.07) is 1.37. The lowest BCUT2D eigenvalue weighted by atomic mass is 10.2. The predicted molar refractivity (Wildman–Crippen MR) is 117 cm³/mol. The Labute approximate surface area is 173 Å². The molecule has 0 bridgehead atoms. The Balaban J connectivity index is 0.00000225. The Morgan fingerprint density at radius 2 is 2.16 bits per heavy atom. The van der Waals surface area contributed by atoms with E-state index in [-0.39, 0.29) is 24.0 Å². The predicted octanol–water partition coefficient (Wildman–Crippen LogP) is 3.18. The summed E-state index contributed by atoms with van der Waals surface area (Å²) in [5.41, 5.74) is 0. The summed E-state index contributed by atoms with van der Waals surface area (Å²) in [4.78, 5) is 13.1. The van der Waals surface area contributed by atoms with Crippen LogP contribution in [0.2, 0.25) is 0 Å². The number of thiazole rings is 1. The van der Waals surface area contributed by atoms with Crippen molar-refractivity contribution in [2.45, 2.75) is 64.5 Å². The highest BCUT2D eigenvalue weighted by atomic mass is 127. The van der Waals surface area contributed by atoms with Crippen molar-refractivity contribution in [1.29, 1.82) is 0 Å². The summed E-state index contributed by atoms with van der Waals surface area (Å²) >= 11 is 1.77. The van der Waals surface area contributed by atoms with E-state index in [4.69, 9.17) is 4.99 Å². The molecule has 0 amide bonds.